The van der Waals surface area contributed by atoms with Crippen LogP contribution in [0.2, 0.25) is 0 Å². The molecule has 0 bridgehead atoms. The molecule has 0 atom stereocenters. The molecule has 1 rings (SSSR count). The van der Waals surface area contributed by atoms with E-state index in [-0.39, 0.29) is 5.41 Å². The fourth-order valence-corrected chi connectivity index (χ4v) is 0.820. The van der Waals surface area contributed by atoms with Crippen LogP contribution in [0.25, 0.3) is 0 Å². The number of aliphatic imine (C=N–C) groups is 1. The Morgan fingerprint density at radius 3 is 2.45 bits per heavy atom. The average molecular weight is 150 g/mol. The molecule has 60 valence electrons. The average Bonchev–Trinajstić information content (AvgIpc) is 1.86. The summed E-state index contributed by atoms with van der Waals surface area (Å²) in [5.74, 6) is 0. The van der Waals surface area contributed by atoms with Crippen LogP contribution in [0, 0.1) is 5.41 Å². The van der Waals surface area contributed by atoms with Gasteiger partial charge in [-0.25, -0.2) is 0 Å². The Bertz CT molecular complexity index is 228. The molecule has 0 saturated carbocycles. The Balaban J connectivity index is 2.83. The first-order valence-electron chi connectivity index (χ1n) is 3.70. The van der Waals surface area contributed by atoms with Gasteiger partial charge >= 0.3 is 0 Å². The molecule has 1 aliphatic rings. The van der Waals surface area contributed by atoms with Crippen molar-refractivity contribution < 1.29 is 0 Å². The second-order valence-corrected chi connectivity index (χ2v) is 3.72. The van der Waals surface area contributed by atoms with Gasteiger partial charge in [0, 0.05) is 29.2 Å². The van der Waals surface area contributed by atoms with E-state index in [1.807, 2.05) is 6.20 Å². The predicted molar refractivity (Wildman–Crippen MR) is 48.3 cm³/mol. The lowest BCUT2D eigenvalue weighted by molar-refractivity contribution is 0.474. The van der Waals surface area contributed by atoms with Crippen LogP contribution in [0.15, 0.2) is 29.2 Å². The van der Waals surface area contributed by atoms with E-state index in [4.69, 9.17) is 0 Å². The molecule has 2 nitrogen and oxygen atoms in total. The van der Waals surface area contributed by atoms with E-state index in [1.54, 1.807) is 6.21 Å². The predicted octanol–water partition coefficient (Wildman–Crippen LogP) is 2.06. The van der Waals surface area contributed by atoms with Crippen molar-refractivity contribution in [2.24, 2.45) is 10.4 Å². The van der Waals surface area contributed by atoms with Crippen LogP contribution < -0.4 is 5.32 Å². The Kier molecular flexibility index (Phi) is 1.85. The lowest BCUT2D eigenvalue weighted by Gasteiger charge is -2.25. The van der Waals surface area contributed by atoms with Gasteiger partial charge in [-0.2, -0.15) is 0 Å². The van der Waals surface area contributed by atoms with Crippen molar-refractivity contribution >= 4 is 6.21 Å². The summed E-state index contributed by atoms with van der Waals surface area (Å²) in [5.41, 5.74) is 2.10. The lowest BCUT2D eigenvalue weighted by Crippen LogP contribution is -2.25. The summed E-state index contributed by atoms with van der Waals surface area (Å²) in [6.07, 6.45) is 3.56. The van der Waals surface area contributed by atoms with Crippen molar-refractivity contribution in [1.82, 2.24) is 5.32 Å². The minimum atomic E-state index is 0.126. The van der Waals surface area contributed by atoms with E-state index >= 15 is 0 Å². The standard InChI is InChI=1S/C9H14N2/c1-7-5-10-6-8(11-7)9(2,3)4/h5-6,11H,1H2,2-4H3. The molecule has 0 unspecified atom stereocenters. The van der Waals surface area contributed by atoms with Crippen LogP contribution in [0.3, 0.4) is 0 Å². The van der Waals surface area contributed by atoms with E-state index in [9.17, 15) is 0 Å². The zero-order chi connectivity index (χ0) is 8.48. The second kappa shape index (κ2) is 2.53. The summed E-state index contributed by atoms with van der Waals surface area (Å²) in [6, 6.07) is 0. The molecule has 0 spiro atoms. The van der Waals surface area contributed by atoms with Crippen LogP contribution in [0.5, 0.6) is 0 Å². The highest BCUT2D eigenvalue weighted by atomic mass is 15.0. The largest absolute Gasteiger partial charge is 0.356 e. The summed E-state index contributed by atoms with van der Waals surface area (Å²) in [6.45, 7) is 10.2. The van der Waals surface area contributed by atoms with Gasteiger partial charge in [0.05, 0.1) is 0 Å². The lowest BCUT2D eigenvalue weighted by atomic mass is 9.92. The van der Waals surface area contributed by atoms with Gasteiger partial charge < -0.3 is 5.32 Å². The van der Waals surface area contributed by atoms with Crippen molar-refractivity contribution in [3.8, 4) is 0 Å². The zero-order valence-electron chi connectivity index (χ0n) is 7.31. The molecule has 0 aliphatic carbocycles. The second-order valence-electron chi connectivity index (χ2n) is 3.72. The van der Waals surface area contributed by atoms with Crippen LogP contribution in [0.4, 0.5) is 0 Å². The van der Waals surface area contributed by atoms with E-state index in [0.29, 0.717) is 0 Å². The van der Waals surface area contributed by atoms with Gasteiger partial charge in [-0.3, -0.25) is 4.99 Å². The SMILES string of the molecule is C=C1C=NC=C(C(C)(C)C)N1. The number of hydrogen-bond donors (Lipinski definition) is 1. The van der Waals surface area contributed by atoms with Crippen molar-refractivity contribution in [2.45, 2.75) is 20.8 Å². The van der Waals surface area contributed by atoms with Gasteiger partial charge in [0.2, 0.25) is 0 Å². The Morgan fingerprint density at radius 1 is 1.45 bits per heavy atom. The van der Waals surface area contributed by atoms with E-state index in [2.05, 4.69) is 37.7 Å². The molecule has 1 aliphatic heterocycles. The van der Waals surface area contributed by atoms with Gasteiger partial charge in [-0.15, -0.1) is 0 Å². The van der Waals surface area contributed by atoms with Crippen LogP contribution >= 0.6 is 0 Å². The maximum Gasteiger partial charge on any atom is 0.0497 e. The molecular weight excluding hydrogens is 136 g/mol. The quantitative estimate of drug-likeness (QED) is 0.561. The van der Waals surface area contributed by atoms with E-state index < -0.39 is 0 Å². The molecule has 2 heteroatoms. The third kappa shape index (κ3) is 1.93. The monoisotopic (exact) mass is 150 g/mol. The van der Waals surface area contributed by atoms with E-state index in [0.717, 1.165) is 11.4 Å². The number of nitrogens with one attached hydrogen (secondary N) is 1. The van der Waals surface area contributed by atoms with Crippen molar-refractivity contribution in [2.75, 3.05) is 0 Å². The third-order valence-electron chi connectivity index (χ3n) is 1.54. The van der Waals surface area contributed by atoms with Gasteiger partial charge in [0.15, 0.2) is 0 Å². The normalized spacial score (nSPS) is 17.7. The maximum absolute atomic E-state index is 4.06. The number of nitrogens with zero attached hydrogens (tertiary/aromatic N) is 1. The van der Waals surface area contributed by atoms with Crippen LogP contribution in [0.1, 0.15) is 20.8 Å². The highest BCUT2D eigenvalue weighted by Crippen LogP contribution is 2.24. The first-order valence-corrected chi connectivity index (χ1v) is 3.70. The van der Waals surface area contributed by atoms with E-state index in [1.165, 1.54) is 0 Å². The molecule has 0 amide bonds. The number of hydrogen-bond acceptors (Lipinski definition) is 2. The van der Waals surface area contributed by atoms with Crippen LogP contribution in [-0.2, 0) is 0 Å². The molecule has 0 saturated heterocycles. The molecule has 0 radical (unpaired) electrons. The Hall–Kier alpha value is -1.05. The fraction of sp³-hybridized carbons (Fsp3) is 0.444. The van der Waals surface area contributed by atoms with Gasteiger partial charge in [0.1, 0.15) is 0 Å². The number of rotatable bonds is 0. The summed E-state index contributed by atoms with van der Waals surface area (Å²) in [4.78, 5) is 4.06. The molecule has 0 aromatic carbocycles. The zero-order valence-corrected chi connectivity index (χ0v) is 7.31. The maximum atomic E-state index is 4.06. The molecule has 1 heterocycles. The fourth-order valence-electron chi connectivity index (χ4n) is 0.820. The highest BCUT2D eigenvalue weighted by Gasteiger charge is 2.18. The minimum Gasteiger partial charge on any atom is -0.356 e. The first-order chi connectivity index (χ1) is 5.00. The highest BCUT2D eigenvalue weighted by molar-refractivity contribution is 5.79. The van der Waals surface area contributed by atoms with Gasteiger partial charge in [0.25, 0.3) is 0 Å². The third-order valence-corrected chi connectivity index (χ3v) is 1.54. The van der Waals surface area contributed by atoms with Crippen LogP contribution in [-0.4, -0.2) is 6.21 Å². The Morgan fingerprint density at radius 2 is 2.09 bits per heavy atom. The molecule has 11 heavy (non-hydrogen) atoms. The molecule has 0 fully saturated rings. The smallest absolute Gasteiger partial charge is 0.0497 e. The minimum absolute atomic E-state index is 0.126. The summed E-state index contributed by atoms with van der Waals surface area (Å²) >= 11 is 0. The summed E-state index contributed by atoms with van der Waals surface area (Å²) < 4.78 is 0. The summed E-state index contributed by atoms with van der Waals surface area (Å²) in [5, 5.41) is 3.17. The molecule has 0 aromatic rings. The topological polar surface area (TPSA) is 24.4 Å². The Labute approximate surface area is 67.7 Å². The number of allylic oxidation sites excluding steroid dienone is 2. The first kappa shape index (κ1) is 8.05. The van der Waals surface area contributed by atoms with Crippen molar-refractivity contribution in [3.63, 3.8) is 0 Å². The molecular formula is C9H14N2. The van der Waals surface area contributed by atoms with Crippen molar-refractivity contribution in [3.05, 3.63) is 24.2 Å². The van der Waals surface area contributed by atoms with Gasteiger partial charge in [-0.05, 0) is 0 Å². The summed E-state index contributed by atoms with van der Waals surface area (Å²) in [7, 11) is 0. The van der Waals surface area contributed by atoms with Gasteiger partial charge in [-0.1, -0.05) is 27.4 Å². The molecule has 1 N–H and O–H groups in total. The molecule has 0 aromatic heterocycles. The van der Waals surface area contributed by atoms with Crippen molar-refractivity contribution in [1.29, 1.82) is 0 Å².